The second-order valence-electron chi connectivity index (χ2n) is 3.98. The van der Waals surface area contributed by atoms with E-state index in [1.807, 2.05) is 44.2 Å². The zero-order valence-corrected chi connectivity index (χ0v) is 11.9. The molecule has 0 bridgehead atoms. The van der Waals surface area contributed by atoms with Crippen LogP contribution in [0.3, 0.4) is 0 Å². The summed E-state index contributed by atoms with van der Waals surface area (Å²) < 4.78 is 6.25. The van der Waals surface area contributed by atoms with E-state index in [2.05, 4.69) is 0 Å². The van der Waals surface area contributed by atoms with E-state index < -0.39 is 6.10 Å². The van der Waals surface area contributed by atoms with E-state index in [1.165, 1.54) is 11.3 Å². The molecule has 0 saturated carbocycles. The Morgan fingerprint density at radius 1 is 1.39 bits per heavy atom. The molecule has 0 radical (unpaired) electrons. The van der Waals surface area contributed by atoms with E-state index in [-0.39, 0.29) is 0 Å². The summed E-state index contributed by atoms with van der Waals surface area (Å²) in [5.41, 5.74) is 1.77. The van der Waals surface area contributed by atoms with Crippen molar-refractivity contribution in [3.63, 3.8) is 0 Å². The van der Waals surface area contributed by atoms with Crippen molar-refractivity contribution in [1.82, 2.24) is 0 Å². The molecule has 1 N–H and O–H groups in total. The molecule has 96 valence electrons. The van der Waals surface area contributed by atoms with Crippen LogP contribution in [-0.4, -0.2) is 11.7 Å². The second kappa shape index (κ2) is 5.74. The van der Waals surface area contributed by atoms with Crippen LogP contribution in [0, 0.1) is 6.92 Å². The Morgan fingerprint density at radius 3 is 2.72 bits per heavy atom. The summed E-state index contributed by atoms with van der Waals surface area (Å²) in [5.74, 6) is 0.717. The van der Waals surface area contributed by atoms with Crippen LogP contribution in [0.1, 0.15) is 29.0 Å². The zero-order chi connectivity index (χ0) is 13.1. The summed E-state index contributed by atoms with van der Waals surface area (Å²) in [4.78, 5) is 0.838. The van der Waals surface area contributed by atoms with Gasteiger partial charge in [0.05, 0.1) is 10.9 Å². The summed E-state index contributed by atoms with van der Waals surface area (Å²) in [6, 6.07) is 9.44. The van der Waals surface area contributed by atoms with Gasteiger partial charge in [-0.25, -0.2) is 0 Å². The topological polar surface area (TPSA) is 29.5 Å². The molecule has 0 fully saturated rings. The van der Waals surface area contributed by atoms with E-state index in [0.717, 1.165) is 26.1 Å². The minimum absolute atomic E-state index is 0.577. The van der Waals surface area contributed by atoms with E-state index in [1.54, 1.807) is 0 Å². The molecule has 1 aromatic heterocycles. The van der Waals surface area contributed by atoms with Crippen LogP contribution in [0.15, 0.2) is 30.3 Å². The van der Waals surface area contributed by atoms with E-state index >= 15 is 0 Å². The van der Waals surface area contributed by atoms with Crippen molar-refractivity contribution < 1.29 is 9.84 Å². The Bertz CT molecular complexity index is 517. The summed E-state index contributed by atoms with van der Waals surface area (Å²) >= 11 is 7.44. The van der Waals surface area contributed by atoms with Gasteiger partial charge in [-0.15, -0.1) is 11.3 Å². The first kappa shape index (κ1) is 13.4. The number of halogens is 1. The lowest BCUT2D eigenvalue weighted by Gasteiger charge is -2.14. The number of hydrogen-bond donors (Lipinski definition) is 1. The Morgan fingerprint density at radius 2 is 2.11 bits per heavy atom. The van der Waals surface area contributed by atoms with Crippen LogP contribution in [0.5, 0.6) is 5.75 Å². The molecule has 0 aliphatic carbocycles. The maximum atomic E-state index is 10.4. The molecule has 1 heterocycles. The molecule has 1 unspecified atom stereocenters. The molecule has 4 heteroatoms. The molecule has 0 aliphatic rings. The van der Waals surface area contributed by atoms with Crippen LogP contribution < -0.4 is 4.74 Å². The highest BCUT2D eigenvalue weighted by atomic mass is 35.5. The van der Waals surface area contributed by atoms with E-state index in [4.69, 9.17) is 16.3 Å². The normalized spacial score (nSPS) is 12.4. The van der Waals surface area contributed by atoms with Gasteiger partial charge in [0, 0.05) is 10.4 Å². The SMILES string of the molecule is CCOc1ccccc1C(O)c1cc(C)c(Cl)s1. The van der Waals surface area contributed by atoms with Crippen LogP contribution in [-0.2, 0) is 0 Å². The fourth-order valence-corrected chi connectivity index (χ4v) is 2.99. The molecular weight excluding hydrogens is 268 g/mol. The number of rotatable bonds is 4. The molecule has 0 aliphatic heterocycles. The lowest BCUT2D eigenvalue weighted by atomic mass is 10.1. The average Bonchev–Trinajstić information content (AvgIpc) is 2.70. The van der Waals surface area contributed by atoms with Crippen molar-refractivity contribution in [1.29, 1.82) is 0 Å². The third-order valence-corrected chi connectivity index (χ3v) is 4.27. The Hall–Kier alpha value is -1.03. The van der Waals surface area contributed by atoms with Gasteiger partial charge in [0.25, 0.3) is 0 Å². The van der Waals surface area contributed by atoms with Crippen LogP contribution in [0.2, 0.25) is 4.34 Å². The van der Waals surface area contributed by atoms with Gasteiger partial charge in [-0.05, 0) is 31.5 Å². The lowest BCUT2D eigenvalue weighted by molar-refractivity contribution is 0.215. The Labute approximate surface area is 116 Å². The summed E-state index contributed by atoms with van der Waals surface area (Å²) in [6.45, 7) is 4.44. The standard InChI is InChI=1S/C14H15ClO2S/c1-3-17-11-7-5-4-6-10(11)13(16)12-8-9(2)14(15)18-12/h4-8,13,16H,3H2,1-2H3. The van der Waals surface area contributed by atoms with Crippen molar-refractivity contribution >= 4 is 22.9 Å². The predicted octanol–water partition coefficient (Wildman–Crippen LogP) is 4.19. The minimum atomic E-state index is -0.691. The smallest absolute Gasteiger partial charge is 0.125 e. The fourth-order valence-electron chi connectivity index (χ4n) is 1.76. The number of aliphatic hydroxyl groups excluding tert-OH is 1. The monoisotopic (exact) mass is 282 g/mol. The lowest BCUT2D eigenvalue weighted by Crippen LogP contribution is -2.02. The highest BCUT2D eigenvalue weighted by Crippen LogP contribution is 2.36. The van der Waals surface area contributed by atoms with Gasteiger partial charge in [0.2, 0.25) is 0 Å². The zero-order valence-electron chi connectivity index (χ0n) is 10.3. The van der Waals surface area contributed by atoms with Crippen molar-refractivity contribution in [3.05, 3.63) is 50.7 Å². The Kier molecular flexibility index (Phi) is 4.27. The molecular formula is C14H15ClO2S. The number of aryl methyl sites for hydroxylation is 1. The molecule has 1 aromatic carbocycles. The number of thiophene rings is 1. The maximum absolute atomic E-state index is 10.4. The van der Waals surface area contributed by atoms with Crippen molar-refractivity contribution in [2.75, 3.05) is 6.61 Å². The van der Waals surface area contributed by atoms with Gasteiger partial charge >= 0.3 is 0 Å². The molecule has 2 aromatic rings. The highest BCUT2D eigenvalue weighted by Gasteiger charge is 2.18. The first-order valence-electron chi connectivity index (χ1n) is 5.79. The van der Waals surface area contributed by atoms with E-state index in [0.29, 0.717) is 6.61 Å². The number of para-hydroxylation sites is 1. The quantitative estimate of drug-likeness (QED) is 0.911. The van der Waals surface area contributed by atoms with Gasteiger partial charge < -0.3 is 9.84 Å². The predicted molar refractivity (Wildman–Crippen MR) is 75.7 cm³/mol. The van der Waals surface area contributed by atoms with Crippen molar-refractivity contribution in [2.45, 2.75) is 20.0 Å². The highest BCUT2D eigenvalue weighted by molar-refractivity contribution is 7.16. The largest absolute Gasteiger partial charge is 0.493 e. The van der Waals surface area contributed by atoms with Crippen molar-refractivity contribution in [2.24, 2.45) is 0 Å². The average molecular weight is 283 g/mol. The number of benzene rings is 1. The van der Waals surface area contributed by atoms with Gasteiger partial charge in [-0.1, -0.05) is 29.8 Å². The van der Waals surface area contributed by atoms with Gasteiger partial charge in [-0.3, -0.25) is 0 Å². The summed E-state index contributed by atoms with van der Waals surface area (Å²) in [6.07, 6.45) is -0.691. The minimum Gasteiger partial charge on any atom is -0.493 e. The summed E-state index contributed by atoms with van der Waals surface area (Å²) in [5, 5.41) is 10.4. The van der Waals surface area contributed by atoms with Crippen LogP contribution in [0.25, 0.3) is 0 Å². The number of aliphatic hydroxyl groups is 1. The molecule has 0 saturated heterocycles. The molecule has 18 heavy (non-hydrogen) atoms. The second-order valence-corrected chi connectivity index (χ2v) is 5.66. The van der Waals surface area contributed by atoms with Crippen LogP contribution >= 0.6 is 22.9 Å². The first-order chi connectivity index (χ1) is 8.63. The maximum Gasteiger partial charge on any atom is 0.125 e. The summed E-state index contributed by atoms with van der Waals surface area (Å²) in [7, 11) is 0. The third kappa shape index (κ3) is 2.69. The van der Waals surface area contributed by atoms with E-state index in [9.17, 15) is 5.11 Å². The van der Waals surface area contributed by atoms with Crippen LogP contribution in [0.4, 0.5) is 0 Å². The third-order valence-electron chi connectivity index (χ3n) is 2.66. The molecule has 0 spiro atoms. The molecule has 2 rings (SSSR count). The molecule has 1 atom stereocenters. The molecule has 0 amide bonds. The first-order valence-corrected chi connectivity index (χ1v) is 6.98. The molecule has 2 nitrogen and oxygen atoms in total. The van der Waals surface area contributed by atoms with Gasteiger partial charge in [0.1, 0.15) is 11.9 Å². The fraction of sp³-hybridized carbons (Fsp3) is 0.286. The Balaban J connectivity index is 2.36. The van der Waals surface area contributed by atoms with Gasteiger partial charge in [0.15, 0.2) is 0 Å². The van der Waals surface area contributed by atoms with Crippen molar-refractivity contribution in [3.8, 4) is 5.75 Å². The van der Waals surface area contributed by atoms with Gasteiger partial charge in [-0.2, -0.15) is 0 Å². The number of ether oxygens (including phenoxy) is 1. The number of hydrogen-bond acceptors (Lipinski definition) is 3.